The first-order valence-electron chi connectivity index (χ1n) is 11.2. The first-order valence-corrected chi connectivity index (χ1v) is 11.2. The van der Waals surface area contributed by atoms with Crippen molar-refractivity contribution < 1.29 is 4.79 Å². The van der Waals surface area contributed by atoms with Crippen molar-refractivity contribution in [2.75, 3.05) is 31.1 Å². The molecule has 1 fully saturated rings. The monoisotopic (exact) mass is 458 g/mol. The van der Waals surface area contributed by atoms with Gasteiger partial charge in [-0.05, 0) is 32.9 Å². The molecule has 0 N–H and O–H groups in total. The highest BCUT2D eigenvalue weighted by Gasteiger charge is 2.23. The van der Waals surface area contributed by atoms with Crippen LogP contribution in [0.4, 0.5) is 5.82 Å². The number of carbonyl (C=O) groups is 1. The molecular formula is C24H26N8O2. The van der Waals surface area contributed by atoms with Crippen LogP contribution in [-0.2, 0) is 11.3 Å². The number of hydrogen-bond acceptors (Lipinski definition) is 7. The van der Waals surface area contributed by atoms with Gasteiger partial charge in [-0.1, -0.05) is 12.1 Å². The minimum atomic E-state index is -0.202. The molecule has 4 aromatic rings. The SMILES string of the molecule is Cc1nc(N2CCN(C(=O)Cn3cnc4ccccc4c3=O)CC2)cc(-n2cnc(C)c2C)n1. The first kappa shape index (κ1) is 21.7. The van der Waals surface area contributed by atoms with Gasteiger partial charge in [0.2, 0.25) is 5.91 Å². The standard InChI is InChI=1S/C24H26N8O2/c1-16-17(2)32(15-25-16)22-12-21(27-18(3)28-22)29-8-10-30(11-9-29)23(33)13-31-14-26-20-7-5-4-6-19(20)24(31)34/h4-7,12,14-15H,8-11,13H2,1-3H3. The predicted molar refractivity (Wildman–Crippen MR) is 128 cm³/mol. The number of piperazine rings is 1. The second-order valence-corrected chi connectivity index (χ2v) is 8.48. The molecule has 1 aliphatic rings. The van der Waals surface area contributed by atoms with Gasteiger partial charge in [-0.3, -0.25) is 18.7 Å². The summed E-state index contributed by atoms with van der Waals surface area (Å²) in [6.07, 6.45) is 3.22. The lowest BCUT2D eigenvalue weighted by atomic mass is 10.2. The molecule has 174 valence electrons. The van der Waals surface area contributed by atoms with E-state index in [1.165, 1.54) is 10.9 Å². The van der Waals surface area contributed by atoms with Crippen LogP contribution >= 0.6 is 0 Å². The number of imidazole rings is 1. The van der Waals surface area contributed by atoms with Crippen molar-refractivity contribution in [3.8, 4) is 5.82 Å². The van der Waals surface area contributed by atoms with Crippen LogP contribution in [0.25, 0.3) is 16.7 Å². The highest BCUT2D eigenvalue weighted by atomic mass is 16.2. The number of para-hydroxylation sites is 1. The Morgan fingerprint density at radius 2 is 1.68 bits per heavy atom. The van der Waals surface area contributed by atoms with Crippen LogP contribution in [0.5, 0.6) is 0 Å². The Balaban J connectivity index is 1.28. The summed E-state index contributed by atoms with van der Waals surface area (Å²) < 4.78 is 3.34. The van der Waals surface area contributed by atoms with Gasteiger partial charge in [0, 0.05) is 37.9 Å². The van der Waals surface area contributed by atoms with Gasteiger partial charge < -0.3 is 9.80 Å². The Kier molecular flexibility index (Phi) is 5.56. The average molecular weight is 459 g/mol. The van der Waals surface area contributed by atoms with Gasteiger partial charge >= 0.3 is 0 Å². The molecule has 0 aliphatic carbocycles. The van der Waals surface area contributed by atoms with Crippen molar-refractivity contribution in [2.45, 2.75) is 27.3 Å². The quantitative estimate of drug-likeness (QED) is 0.458. The van der Waals surface area contributed by atoms with Crippen LogP contribution in [0.1, 0.15) is 17.2 Å². The zero-order valence-corrected chi connectivity index (χ0v) is 19.5. The maximum Gasteiger partial charge on any atom is 0.261 e. The molecule has 1 saturated heterocycles. The molecule has 0 unspecified atom stereocenters. The lowest BCUT2D eigenvalue weighted by Crippen LogP contribution is -2.50. The molecule has 34 heavy (non-hydrogen) atoms. The molecule has 3 aromatic heterocycles. The normalized spacial score (nSPS) is 14.1. The summed E-state index contributed by atoms with van der Waals surface area (Å²) in [5.74, 6) is 2.19. The Hall–Kier alpha value is -4.08. The highest BCUT2D eigenvalue weighted by Crippen LogP contribution is 2.19. The molecule has 5 rings (SSSR count). The summed E-state index contributed by atoms with van der Waals surface area (Å²) in [6.45, 7) is 8.24. The zero-order valence-electron chi connectivity index (χ0n) is 19.5. The Bertz CT molecular complexity index is 1430. The first-order chi connectivity index (χ1) is 16.4. The maximum atomic E-state index is 12.9. The lowest BCUT2D eigenvalue weighted by molar-refractivity contribution is -0.132. The molecule has 10 nitrogen and oxygen atoms in total. The van der Waals surface area contributed by atoms with Crippen molar-refractivity contribution in [3.63, 3.8) is 0 Å². The number of carbonyl (C=O) groups excluding carboxylic acids is 1. The fraction of sp³-hybridized carbons (Fsp3) is 0.333. The third kappa shape index (κ3) is 4.02. The topological polar surface area (TPSA) is 102 Å². The van der Waals surface area contributed by atoms with Crippen molar-refractivity contribution in [1.29, 1.82) is 0 Å². The number of amides is 1. The van der Waals surface area contributed by atoms with Crippen LogP contribution < -0.4 is 10.5 Å². The minimum absolute atomic E-state index is 0.0211. The van der Waals surface area contributed by atoms with Gasteiger partial charge in [-0.15, -0.1) is 0 Å². The molecule has 0 radical (unpaired) electrons. The molecule has 0 spiro atoms. The molecule has 1 aliphatic heterocycles. The van der Waals surface area contributed by atoms with E-state index in [-0.39, 0.29) is 18.0 Å². The molecule has 0 saturated carbocycles. The number of rotatable bonds is 4. The number of aryl methyl sites for hydroxylation is 2. The van der Waals surface area contributed by atoms with Gasteiger partial charge in [0.1, 0.15) is 30.3 Å². The van der Waals surface area contributed by atoms with E-state index in [1.54, 1.807) is 29.4 Å². The molecule has 0 bridgehead atoms. The van der Waals surface area contributed by atoms with E-state index in [2.05, 4.69) is 24.8 Å². The van der Waals surface area contributed by atoms with E-state index in [0.717, 1.165) is 23.0 Å². The largest absolute Gasteiger partial charge is 0.353 e. The molecule has 1 amide bonds. The second kappa shape index (κ2) is 8.69. The molecule has 4 heterocycles. The molecule has 1 aromatic carbocycles. The van der Waals surface area contributed by atoms with Crippen LogP contribution in [-0.4, -0.2) is 66.1 Å². The van der Waals surface area contributed by atoms with E-state index in [0.29, 0.717) is 42.9 Å². The Morgan fingerprint density at radius 1 is 0.941 bits per heavy atom. The van der Waals surface area contributed by atoms with Gasteiger partial charge in [0.05, 0.1) is 22.9 Å². The number of hydrogen-bond donors (Lipinski definition) is 0. The van der Waals surface area contributed by atoms with E-state index in [4.69, 9.17) is 0 Å². The smallest absolute Gasteiger partial charge is 0.261 e. The maximum absolute atomic E-state index is 12.9. The summed E-state index contributed by atoms with van der Waals surface area (Å²) in [5, 5.41) is 0.515. The summed E-state index contributed by atoms with van der Waals surface area (Å²) in [4.78, 5) is 47.4. The van der Waals surface area contributed by atoms with Crippen LogP contribution in [0.2, 0.25) is 0 Å². The van der Waals surface area contributed by atoms with Crippen LogP contribution in [0.3, 0.4) is 0 Å². The summed E-state index contributed by atoms with van der Waals surface area (Å²) in [6, 6.07) is 9.11. The lowest BCUT2D eigenvalue weighted by Gasteiger charge is -2.35. The zero-order chi connectivity index (χ0) is 23.8. The fourth-order valence-electron chi connectivity index (χ4n) is 4.20. The number of aromatic nitrogens is 6. The summed E-state index contributed by atoms with van der Waals surface area (Å²) >= 11 is 0. The van der Waals surface area contributed by atoms with Gasteiger partial charge in [-0.25, -0.2) is 19.9 Å². The molecule has 10 heteroatoms. The third-order valence-electron chi connectivity index (χ3n) is 6.30. The van der Waals surface area contributed by atoms with Crippen LogP contribution in [0.15, 0.2) is 47.8 Å². The van der Waals surface area contributed by atoms with E-state index in [9.17, 15) is 9.59 Å². The van der Waals surface area contributed by atoms with Crippen molar-refractivity contribution in [1.82, 2.24) is 34.0 Å². The van der Waals surface area contributed by atoms with Crippen molar-refractivity contribution in [2.24, 2.45) is 0 Å². The number of benzene rings is 1. The number of anilines is 1. The van der Waals surface area contributed by atoms with Crippen molar-refractivity contribution in [3.05, 3.63) is 70.6 Å². The van der Waals surface area contributed by atoms with E-state index < -0.39 is 0 Å². The van der Waals surface area contributed by atoms with Crippen LogP contribution in [0, 0.1) is 20.8 Å². The van der Waals surface area contributed by atoms with E-state index >= 15 is 0 Å². The molecular weight excluding hydrogens is 432 g/mol. The highest BCUT2D eigenvalue weighted by molar-refractivity contribution is 5.79. The average Bonchev–Trinajstić information content (AvgIpc) is 3.19. The second-order valence-electron chi connectivity index (χ2n) is 8.48. The van der Waals surface area contributed by atoms with E-state index in [1.807, 2.05) is 37.5 Å². The summed E-state index contributed by atoms with van der Waals surface area (Å²) in [5.41, 5.74) is 2.43. The summed E-state index contributed by atoms with van der Waals surface area (Å²) in [7, 11) is 0. The predicted octanol–water partition coefficient (Wildman–Crippen LogP) is 1.65. The minimum Gasteiger partial charge on any atom is -0.353 e. The molecule has 0 atom stereocenters. The van der Waals surface area contributed by atoms with Gasteiger partial charge in [0.15, 0.2) is 0 Å². The number of fused-ring (bicyclic) bond motifs is 1. The van der Waals surface area contributed by atoms with Crippen molar-refractivity contribution >= 4 is 22.6 Å². The third-order valence-corrected chi connectivity index (χ3v) is 6.30. The van der Waals surface area contributed by atoms with Gasteiger partial charge in [-0.2, -0.15) is 0 Å². The Labute approximate surface area is 196 Å². The van der Waals surface area contributed by atoms with Gasteiger partial charge in [0.25, 0.3) is 5.56 Å². The number of nitrogens with zero attached hydrogens (tertiary/aromatic N) is 8. The fourth-order valence-corrected chi connectivity index (χ4v) is 4.20. The Morgan fingerprint density at radius 3 is 2.41 bits per heavy atom.